The van der Waals surface area contributed by atoms with E-state index in [1.807, 2.05) is 30.3 Å². The summed E-state index contributed by atoms with van der Waals surface area (Å²) < 4.78 is 19.0. The lowest BCUT2D eigenvalue weighted by atomic mass is 10.1. The quantitative estimate of drug-likeness (QED) is 0.794. The van der Waals surface area contributed by atoms with Crippen LogP contribution >= 0.6 is 0 Å². The lowest BCUT2D eigenvalue weighted by Gasteiger charge is -2.11. The summed E-state index contributed by atoms with van der Waals surface area (Å²) in [6, 6.07) is 15.8. The molecule has 0 unspecified atom stereocenters. The van der Waals surface area contributed by atoms with Crippen LogP contribution in [-0.4, -0.2) is 11.5 Å². The number of hydrogen-bond donors (Lipinski definition) is 1. The average Bonchev–Trinajstić information content (AvgIpc) is 2.48. The fourth-order valence-corrected chi connectivity index (χ4v) is 2.21. The van der Waals surface area contributed by atoms with E-state index >= 15 is 0 Å². The number of aromatic nitrogens is 1. The van der Waals surface area contributed by atoms with E-state index in [1.165, 1.54) is 12.1 Å². The van der Waals surface area contributed by atoms with Gasteiger partial charge in [-0.15, -0.1) is 0 Å². The lowest BCUT2D eigenvalue weighted by molar-refractivity contribution is 0.454. The van der Waals surface area contributed by atoms with Gasteiger partial charge in [0.25, 0.3) is 0 Å². The van der Waals surface area contributed by atoms with Gasteiger partial charge in [-0.25, -0.2) is 9.37 Å². The Morgan fingerprint density at radius 1 is 1.05 bits per heavy atom. The minimum absolute atomic E-state index is 0.339. The first-order valence-electron chi connectivity index (χ1n) is 6.78. The molecule has 0 atom stereocenters. The molecule has 4 heteroatoms. The number of hydrogen-bond acceptors (Lipinski definition) is 3. The summed E-state index contributed by atoms with van der Waals surface area (Å²) in [5.41, 5.74) is 7.40. The van der Waals surface area contributed by atoms with Crippen LogP contribution < -0.4 is 10.5 Å². The zero-order chi connectivity index (χ0) is 14.7. The predicted octanol–water partition coefficient (Wildman–Crippen LogP) is 3.67. The first-order valence-corrected chi connectivity index (χ1v) is 6.78. The summed E-state index contributed by atoms with van der Waals surface area (Å²) in [7, 11) is 0. The van der Waals surface area contributed by atoms with Crippen molar-refractivity contribution < 1.29 is 9.13 Å². The highest BCUT2D eigenvalue weighted by Crippen LogP contribution is 2.27. The topological polar surface area (TPSA) is 48.1 Å². The molecule has 1 heterocycles. The lowest BCUT2D eigenvalue weighted by Crippen LogP contribution is -2.05. The zero-order valence-electron chi connectivity index (χ0n) is 11.4. The number of rotatable bonds is 4. The molecule has 3 nitrogen and oxygen atoms in total. The van der Waals surface area contributed by atoms with Crippen LogP contribution in [0.15, 0.2) is 54.6 Å². The standard InChI is InChI=1S/C17H15FN2O/c18-14-5-3-6-15(11-14)21-17-13(8-9-19)10-12-4-1-2-7-16(12)20-17/h1-7,10-11H,8-9,19H2. The number of nitrogens with two attached hydrogens (primary N) is 1. The molecule has 0 saturated heterocycles. The van der Waals surface area contributed by atoms with Crippen molar-refractivity contribution in [1.82, 2.24) is 4.98 Å². The minimum Gasteiger partial charge on any atom is -0.439 e. The summed E-state index contributed by atoms with van der Waals surface area (Å²) in [5.74, 6) is 0.564. The first kappa shape index (κ1) is 13.5. The number of para-hydroxylation sites is 1. The molecule has 0 aliphatic rings. The largest absolute Gasteiger partial charge is 0.439 e. The van der Waals surface area contributed by atoms with E-state index < -0.39 is 0 Å². The maximum absolute atomic E-state index is 13.3. The Kier molecular flexibility index (Phi) is 3.79. The molecule has 3 rings (SSSR count). The molecule has 106 valence electrons. The summed E-state index contributed by atoms with van der Waals surface area (Å²) in [4.78, 5) is 4.52. The average molecular weight is 282 g/mol. The van der Waals surface area contributed by atoms with Gasteiger partial charge in [-0.1, -0.05) is 24.3 Å². The Hall–Kier alpha value is -2.46. The monoisotopic (exact) mass is 282 g/mol. The molecule has 21 heavy (non-hydrogen) atoms. The Morgan fingerprint density at radius 2 is 1.90 bits per heavy atom. The van der Waals surface area contributed by atoms with Crippen molar-refractivity contribution in [2.45, 2.75) is 6.42 Å². The van der Waals surface area contributed by atoms with Gasteiger partial charge in [0.15, 0.2) is 0 Å². The van der Waals surface area contributed by atoms with E-state index in [-0.39, 0.29) is 5.82 Å². The van der Waals surface area contributed by atoms with E-state index in [9.17, 15) is 4.39 Å². The minimum atomic E-state index is -0.339. The van der Waals surface area contributed by atoms with Gasteiger partial charge in [-0.05, 0) is 37.2 Å². The highest BCUT2D eigenvalue weighted by molar-refractivity contribution is 5.80. The van der Waals surface area contributed by atoms with Crippen LogP contribution in [0.5, 0.6) is 11.6 Å². The van der Waals surface area contributed by atoms with E-state index in [0.717, 1.165) is 16.5 Å². The van der Waals surface area contributed by atoms with Crippen LogP contribution in [0.2, 0.25) is 0 Å². The number of nitrogens with zero attached hydrogens (tertiary/aromatic N) is 1. The number of fused-ring (bicyclic) bond motifs is 1. The predicted molar refractivity (Wildman–Crippen MR) is 81.0 cm³/mol. The van der Waals surface area contributed by atoms with Gasteiger partial charge in [0.1, 0.15) is 11.6 Å². The molecular weight excluding hydrogens is 267 g/mol. The Bertz CT molecular complexity index is 774. The van der Waals surface area contributed by atoms with Gasteiger partial charge < -0.3 is 10.5 Å². The third kappa shape index (κ3) is 3.01. The van der Waals surface area contributed by atoms with Gasteiger partial charge in [0.2, 0.25) is 5.88 Å². The number of pyridine rings is 1. The third-order valence-corrected chi connectivity index (χ3v) is 3.19. The molecular formula is C17H15FN2O. The molecule has 2 aromatic carbocycles. The Labute approximate surface area is 122 Å². The highest BCUT2D eigenvalue weighted by Gasteiger charge is 2.09. The molecule has 0 bridgehead atoms. The maximum Gasteiger partial charge on any atom is 0.223 e. The van der Waals surface area contributed by atoms with Crippen LogP contribution in [0.3, 0.4) is 0 Å². The molecule has 0 amide bonds. The van der Waals surface area contributed by atoms with E-state index in [2.05, 4.69) is 4.98 Å². The van der Waals surface area contributed by atoms with E-state index in [1.54, 1.807) is 12.1 Å². The molecule has 0 radical (unpaired) electrons. The summed E-state index contributed by atoms with van der Waals surface area (Å²) in [6.07, 6.45) is 0.655. The van der Waals surface area contributed by atoms with Gasteiger partial charge in [-0.3, -0.25) is 0 Å². The van der Waals surface area contributed by atoms with Crippen molar-refractivity contribution >= 4 is 10.9 Å². The number of benzene rings is 2. The molecule has 3 aromatic rings. The van der Waals surface area contributed by atoms with Crippen LogP contribution in [-0.2, 0) is 6.42 Å². The van der Waals surface area contributed by atoms with Gasteiger partial charge >= 0.3 is 0 Å². The van der Waals surface area contributed by atoms with Gasteiger partial charge in [0, 0.05) is 17.0 Å². The Balaban J connectivity index is 2.04. The zero-order valence-corrected chi connectivity index (χ0v) is 11.4. The summed E-state index contributed by atoms with van der Waals surface area (Å²) >= 11 is 0. The van der Waals surface area contributed by atoms with Crippen LogP contribution in [0.25, 0.3) is 10.9 Å². The SMILES string of the molecule is NCCc1cc2ccccc2nc1Oc1cccc(F)c1. The molecule has 0 saturated carbocycles. The van der Waals surface area contributed by atoms with Crippen molar-refractivity contribution in [2.75, 3.05) is 6.54 Å². The molecule has 0 fully saturated rings. The highest BCUT2D eigenvalue weighted by atomic mass is 19.1. The van der Waals surface area contributed by atoms with Crippen LogP contribution in [0.4, 0.5) is 4.39 Å². The van der Waals surface area contributed by atoms with E-state index in [0.29, 0.717) is 24.6 Å². The number of halogens is 1. The van der Waals surface area contributed by atoms with Crippen molar-refractivity contribution in [1.29, 1.82) is 0 Å². The fourth-order valence-electron chi connectivity index (χ4n) is 2.21. The molecule has 0 aliphatic heterocycles. The van der Waals surface area contributed by atoms with Gasteiger partial charge in [0.05, 0.1) is 5.52 Å². The third-order valence-electron chi connectivity index (χ3n) is 3.19. The van der Waals surface area contributed by atoms with Crippen molar-refractivity contribution in [2.24, 2.45) is 5.73 Å². The van der Waals surface area contributed by atoms with Crippen molar-refractivity contribution in [3.05, 3.63) is 66.0 Å². The van der Waals surface area contributed by atoms with Crippen LogP contribution in [0, 0.1) is 5.82 Å². The second-order valence-corrected chi connectivity index (χ2v) is 4.74. The second-order valence-electron chi connectivity index (χ2n) is 4.74. The Morgan fingerprint density at radius 3 is 2.71 bits per heavy atom. The van der Waals surface area contributed by atoms with Gasteiger partial charge in [-0.2, -0.15) is 0 Å². The molecule has 1 aromatic heterocycles. The molecule has 0 spiro atoms. The second kappa shape index (κ2) is 5.89. The first-order chi connectivity index (χ1) is 10.3. The van der Waals surface area contributed by atoms with E-state index in [4.69, 9.17) is 10.5 Å². The molecule has 0 aliphatic carbocycles. The fraction of sp³-hybridized carbons (Fsp3) is 0.118. The summed E-state index contributed by atoms with van der Waals surface area (Å²) in [6.45, 7) is 0.500. The molecule has 2 N–H and O–H groups in total. The number of ether oxygens (including phenoxy) is 1. The van der Waals surface area contributed by atoms with Crippen molar-refractivity contribution in [3.8, 4) is 11.6 Å². The normalized spacial score (nSPS) is 10.8. The van der Waals surface area contributed by atoms with Crippen LogP contribution in [0.1, 0.15) is 5.56 Å². The smallest absolute Gasteiger partial charge is 0.223 e. The summed E-state index contributed by atoms with van der Waals surface area (Å²) in [5, 5.41) is 1.03. The van der Waals surface area contributed by atoms with Crippen molar-refractivity contribution in [3.63, 3.8) is 0 Å². The maximum atomic E-state index is 13.3.